The summed E-state index contributed by atoms with van der Waals surface area (Å²) in [6, 6.07) is 15.6. The molecule has 0 saturated carbocycles. The average Bonchev–Trinajstić information content (AvgIpc) is 3.20. The van der Waals surface area contributed by atoms with Crippen LogP contribution >= 0.6 is 0 Å². The third kappa shape index (κ3) is 3.92. The fraction of sp³-hybridized carbons (Fsp3) is 0.105. The Morgan fingerprint density at radius 2 is 1.80 bits per heavy atom. The highest BCUT2D eigenvalue weighted by atomic mass is 16.5. The van der Waals surface area contributed by atoms with Gasteiger partial charge in [0.2, 0.25) is 0 Å². The zero-order valence-corrected chi connectivity index (χ0v) is 13.6. The quantitative estimate of drug-likeness (QED) is 0.670. The summed E-state index contributed by atoms with van der Waals surface area (Å²) in [5, 5.41) is 4.13. The molecule has 0 aliphatic heterocycles. The van der Waals surface area contributed by atoms with Crippen molar-refractivity contribution in [2.45, 2.75) is 6.61 Å². The molecule has 25 heavy (non-hydrogen) atoms. The minimum Gasteiger partial charge on any atom is -0.465 e. The van der Waals surface area contributed by atoms with Gasteiger partial charge < -0.3 is 9.47 Å². The molecule has 1 heterocycles. The summed E-state index contributed by atoms with van der Waals surface area (Å²) < 4.78 is 11.7. The van der Waals surface area contributed by atoms with Crippen molar-refractivity contribution < 1.29 is 19.1 Å². The molecule has 0 aliphatic rings. The molecule has 0 radical (unpaired) electrons. The fourth-order valence-corrected chi connectivity index (χ4v) is 2.31. The van der Waals surface area contributed by atoms with Crippen molar-refractivity contribution in [2.75, 3.05) is 7.11 Å². The predicted octanol–water partition coefficient (Wildman–Crippen LogP) is 3.02. The maximum absolute atomic E-state index is 12.2. The summed E-state index contributed by atoms with van der Waals surface area (Å²) in [5.74, 6) is -0.863. The van der Waals surface area contributed by atoms with Crippen molar-refractivity contribution in [3.05, 3.63) is 83.7 Å². The van der Waals surface area contributed by atoms with Crippen LogP contribution in [0.2, 0.25) is 0 Å². The van der Waals surface area contributed by atoms with Crippen LogP contribution in [0.3, 0.4) is 0 Å². The van der Waals surface area contributed by atoms with Gasteiger partial charge in [-0.3, -0.25) is 0 Å². The summed E-state index contributed by atoms with van der Waals surface area (Å²) in [7, 11) is 1.32. The molecular weight excluding hydrogens is 320 g/mol. The van der Waals surface area contributed by atoms with Crippen LogP contribution in [0.1, 0.15) is 26.3 Å². The highest BCUT2D eigenvalue weighted by Crippen LogP contribution is 2.12. The summed E-state index contributed by atoms with van der Waals surface area (Å²) in [4.78, 5) is 23.7. The van der Waals surface area contributed by atoms with Crippen molar-refractivity contribution in [3.63, 3.8) is 0 Å². The van der Waals surface area contributed by atoms with Gasteiger partial charge in [0, 0.05) is 12.4 Å². The lowest BCUT2D eigenvalue weighted by atomic mass is 10.1. The zero-order valence-electron chi connectivity index (χ0n) is 13.6. The molecule has 3 aromatic rings. The van der Waals surface area contributed by atoms with E-state index in [2.05, 4.69) is 9.84 Å². The first-order chi connectivity index (χ1) is 12.2. The fourth-order valence-electron chi connectivity index (χ4n) is 2.31. The van der Waals surface area contributed by atoms with E-state index in [9.17, 15) is 9.59 Å². The van der Waals surface area contributed by atoms with Crippen molar-refractivity contribution in [3.8, 4) is 5.69 Å². The minimum absolute atomic E-state index is 0.0740. The first-order valence-electron chi connectivity index (χ1n) is 7.62. The van der Waals surface area contributed by atoms with Gasteiger partial charge in [0.05, 0.1) is 23.9 Å². The third-order valence-corrected chi connectivity index (χ3v) is 3.59. The van der Waals surface area contributed by atoms with Crippen LogP contribution in [0.4, 0.5) is 0 Å². The number of carbonyl (C=O) groups is 2. The van der Waals surface area contributed by atoms with E-state index in [1.165, 1.54) is 7.11 Å². The van der Waals surface area contributed by atoms with E-state index in [0.717, 1.165) is 5.69 Å². The Morgan fingerprint density at radius 1 is 1.00 bits per heavy atom. The van der Waals surface area contributed by atoms with E-state index < -0.39 is 11.9 Å². The highest BCUT2D eigenvalue weighted by Gasteiger charge is 2.10. The van der Waals surface area contributed by atoms with E-state index >= 15 is 0 Å². The maximum atomic E-state index is 12.2. The number of aromatic nitrogens is 2. The standard InChI is InChI=1S/C19H16N2O4/c1-24-18(22)16-5-2-4-14(12-16)13-25-19(23)15-6-8-17(9-7-15)21-11-3-10-20-21/h2-12H,13H2,1H3. The van der Waals surface area contributed by atoms with Crippen LogP contribution in [-0.2, 0) is 16.1 Å². The molecule has 6 nitrogen and oxygen atoms in total. The molecule has 0 saturated heterocycles. The van der Waals surface area contributed by atoms with Crippen molar-refractivity contribution >= 4 is 11.9 Å². The van der Waals surface area contributed by atoms with Crippen molar-refractivity contribution in [1.29, 1.82) is 0 Å². The number of ether oxygens (including phenoxy) is 2. The number of hydrogen-bond acceptors (Lipinski definition) is 5. The average molecular weight is 336 g/mol. The Bertz CT molecular complexity index is 871. The number of hydrogen-bond donors (Lipinski definition) is 0. The molecule has 0 fully saturated rings. The molecule has 126 valence electrons. The van der Waals surface area contributed by atoms with Crippen LogP contribution in [0.15, 0.2) is 67.0 Å². The van der Waals surface area contributed by atoms with Crippen molar-refractivity contribution in [1.82, 2.24) is 9.78 Å². The van der Waals surface area contributed by atoms with Crippen molar-refractivity contribution in [2.24, 2.45) is 0 Å². The second kappa shape index (κ2) is 7.44. The van der Waals surface area contributed by atoms with E-state index in [4.69, 9.17) is 4.74 Å². The highest BCUT2D eigenvalue weighted by molar-refractivity contribution is 5.90. The van der Waals surface area contributed by atoms with Crippen LogP contribution in [-0.4, -0.2) is 28.8 Å². The normalized spacial score (nSPS) is 10.3. The van der Waals surface area contributed by atoms with Gasteiger partial charge in [0.25, 0.3) is 0 Å². The van der Waals surface area contributed by atoms with Gasteiger partial charge in [-0.05, 0) is 48.0 Å². The molecule has 0 amide bonds. The molecule has 0 unspecified atom stereocenters. The van der Waals surface area contributed by atoms with Gasteiger partial charge in [0.1, 0.15) is 6.61 Å². The Balaban J connectivity index is 1.64. The van der Waals surface area contributed by atoms with Gasteiger partial charge in [-0.25, -0.2) is 14.3 Å². The number of benzene rings is 2. The number of methoxy groups -OCH3 is 1. The molecule has 6 heteroatoms. The molecular formula is C19H16N2O4. The van der Waals surface area contributed by atoms with Gasteiger partial charge in [0.15, 0.2) is 0 Å². The Hall–Kier alpha value is -3.41. The molecule has 0 spiro atoms. The lowest BCUT2D eigenvalue weighted by Gasteiger charge is -2.07. The van der Waals surface area contributed by atoms with Crippen LogP contribution in [0.25, 0.3) is 5.69 Å². The van der Waals surface area contributed by atoms with E-state index in [-0.39, 0.29) is 6.61 Å². The smallest absolute Gasteiger partial charge is 0.338 e. The SMILES string of the molecule is COC(=O)c1cccc(COC(=O)c2ccc(-n3cccn3)cc2)c1. The Kier molecular flexibility index (Phi) is 4.89. The van der Waals surface area contributed by atoms with Gasteiger partial charge in [-0.15, -0.1) is 0 Å². The second-order valence-electron chi connectivity index (χ2n) is 5.27. The predicted molar refractivity (Wildman–Crippen MR) is 90.5 cm³/mol. The Labute approximate surface area is 144 Å². The maximum Gasteiger partial charge on any atom is 0.338 e. The number of nitrogens with zero attached hydrogens (tertiary/aromatic N) is 2. The topological polar surface area (TPSA) is 70.4 Å². The number of carbonyl (C=O) groups excluding carboxylic acids is 2. The lowest BCUT2D eigenvalue weighted by molar-refractivity contribution is 0.0472. The molecule has 2 aromatic carbocycles. The monoisotopic (exact) mass is 336 g/mol. The van der Waals surface area contributed by atoms with Crippen LogP contribution in [0, 0.1) is 0 Å². The summed E-state index contributed by atoms with van der Waals surface area (Å²) >= 11 is 0. The molecule has 0 aliphatic carbocycles. The van der Waals surface area contributed by atoms with E-state index in [0.29, 0.717) is 16.7 Å². The summed E-state index contributed by atoms with van der Waals surface area (Å²) in [6.07, 6.45) is 3.51. The van der Waals surface area contributed by atoms with Crippen LogP contribution < -0.4 is 0 Å². The summed E-state index contributed by atoms with van der Waals surface area (Å²) in [5.41, 5.74) is 2.43. The minimum atomic E-state index is -0.435. The zero-order chi connectivity index (χ0) is 17.6. The third-order valence-electron chi connectivity index (χ3n) is 3.59. The molecule has 1 aromatic heterocycles. The summed E-state index contributed by atoms with van der Waals surface area (Å²) in [6.45, 7) is 0.0740. The van der Waals surface area contributed by atoms with Crippen LogP contribution in [0.5, 0.6) is 0 Å². The van der Waals surface area contributed by atoms with E-state index in [1.54, 1.807) is 59.4 Å². The molecule has 0 atom stereocenters. The molecule has 0 bridgehead atoms. The van der Waals surface area contributed by atoms with Gasteiger partial charge in [-0.2, -0.15) is 5.10 Å². The number of esters is 2. The largest absolute Gasteiger partial charge is 0.465 e. The molecule has 3 rings (SSSR count). The molecule has 0 N–H and O–H groups in total. The van der Waals surface area contributed by atoms with E-state index in [1.807, 2.05) is 12.3 Å². The first-order valence-corrected chi connectivity index (χ1v) is 7.62. The van der Waals surface area contributed by atoms with Gasteiger partial charge in [-0.1, -0.05) is 12.1 Å². The lowest BCUT2D eigenvalue weighted by Crippen LogP contribution is -2.07. The second-order valence-corrected chi connectivity index (χ2v) is 5.27. The number of rotatable bonds is 5. The first kappa shape index (κ1) is 16.4. The Morgan fingerprint density at radius 3 is 2.48 bits per heavy atom. The van der Waals surface area contributed by atoms with Gasteiger partial charge >= 0.3 is 11.9 Å².